The number of hydrogen-bond acceptors (Lipinski definition) is 2. The highest BCUT2D eigenvalue weighted by Gasteiger charge is 2.10. The van der Waals surface area contributed by atoms with Crippen molar-refractivity contribution in [2.24, 2.45) is 7.05 Å². The van der Waals surface area contributed by atoms with Crippen LogP contribution in [0.2, 0.25) is 0 Å². The molecule has 5 nitrogen and oxygen atoms in total. The Morgan fingerprint density at radius 3 is 2.44 bits per heavy atom. The normalized spacial score (nSPS) is 9.94. The van der Waals surface area contributed by atoms with Crippen molar-refractivity contribution in [2.45, 2.75) is 13.8 Å². The quantitative estimate of drug-likeness (QED) is 0.716. The Kier molecular flexibility index (Phi) is 4.10. The van der Waals surface area contributed by atoms with Gasteiger partial charge >= 0.3 is 0 Å². The molecule has 2 N–H and O–H groups in total. The van der Waals surface area contributed by atoms with Crippen LogP contribution in [0.15, 0.2) is 12.3 Å². The number of aryl methyl sites for hydroxylation is 1. The lowest BCUT2D eigenvalue weighted by Gasteiger charge is -2.05. The fraction of sp³-hybridized carbons (Fsp3) is 0.455. The highest BCUT2D eigenvalue weighted by molar-refractivity contribution is 5.95. The first kappa shape index (κ1) is 12.3. The fourth-order valence-corrected chi connectivity index (χ4v) is 1.36. The van der Waals surface area contributed by atoms with E-state index in [0.717, 1.165) is 5.69 Å². The SMILES string of the molecule is CC(=O)NCCNC(=O)c1ccn(C)c1C. The number of hydrogen-bond donors (Lipinski definition) is 2. The third kappa shape index (κ3) is 3.12. The maximum absolute atomic E-state index is 11.7. The molecule has 0 bridgehead atoms. The van der Waals surface area contributed by atoms with Crippen LogP contribution in [0.1, 0.15) is 23.0 Å². The van der Waals surface area contributed by atoms with Crippen molar-refractivity contribution in [3.05, 3.63) is 23.5 Å². The summed E-state index contributed by atoms with van der Waals surface area (Å²) in [6.45, 7) is 4.23. The lowest BCUT2D eigenvalue weighted by atomic mass is 10.2. The summed E-state index contributed by atoms with van der Waals surface area (Å²) in [5.41, 5.74) is 1.60. The Bertz CT molecular complexity index is 396. The molecular formula is C11H17N3O2. The molecule has 0 aliphatic rings. The van der Waals surface area contributed by atoms with Crippen molar-refractivity contribution >= 4 is 11.8 Å². The van der Waals surface area contributed by atoms with Crippen molar-refractivity contribution in [3.8, 4) is 0 Å². The van der Waals surface area contributed by atoms with E-state index in [9.17, 15) is 9.59 Å². The maximum atomic E-state index is 11.7. The van der Waals surface area contributed by atoms with Gasteiger partial charge in [0.05, 0.1) is 5.56 Å². The van der Waals surface area contributed by atoms with Crippen molar-refractivity contribution in [2.75, 3.05) is 13.1 Å². The van der Waals surface area contributed by atoms with E-state index < -0.39 is 0 Å². The number of amides is 2. The molecule has 0 radical (unpaired) electrons. The van der Waals surface area contributed by atoms with Crippen LogP contribution in [-0.4, -0.2) is 29.5 Å². The predicted molar refractivity (Wildman–Crippen MR) is 61.2 cm³/mol. The number of nitrogens with zero attached hydrogens (tertiary/aromatic N) is 1. The van der Waals surface area contributed by atoms with Crippen LogP contribution >= 0.6 is 0 Å². The number of aromatic nitrogens is 1. The standard InChI is InChI=1S/C11H17N3O2/c1-8-10(4-7-14(8)3)11(16)13-6-5-12-9(2)15/h4,7H,5-6H2,1-3H3,(H,12,15)(H,13,16). The fourth-order valence-electron chi connectivity index (χ4n) is 1.36. The highest BCUT2D eigenvalue weighted by Crippen LogP contribution is 2.07. The van der Waals surface area contributed by atoms with E-state index in [0.29, 0.717) is 18.7 Å². The van der Waals surface area contributed by atoms with E-state index in [1.54, 1.807) is 6.07 Å². The number of carbonyl (C=O) groups is 2. The number of carbonyl (C=O) groups excluding carboxylic acids is 2. The van der Waals surface area contributed by atoms with Crippen LogP contribution in [0, 0.1) is 6.92 Å². The molecule has 2 amide bonds. The molecule has 88 valence electrons. The first-order valence-electron chi connectivity index (χ1n) is 5.17. The van der Waals surface area contributed by atoms with Gasteiger partial charge in [0, 0.05) is 39.0 Å². The molecule has 0 aromatic carbocycles. The van der Waals surface area contributed by atoms with Crippen molar-refractivity contribution in [1.82, 2.24) is 15.2 Å². The van der Waals surface area contributed by atoms with Crippen molar-refractivity contribution < 1.29 is 9.59 Å². The summed E-state index contributed by atoms with van der Waals surface area (Å²) < 4.78 is 1.89. The second kappa shape index (κ2) is 5.34. The van der Waals surface area contributed by atoms with Gasteiger partial charge in [-0.2, -0.15) is 0 Å². The number of rotatable bonds is 4. The molecule has 0 saturated carbocycles. The highest BCUT2D eigenvalue weighted by atomic mass is 16.2. The molecule has 0 aliphatic heterocycles. The second-order valence-corrected chi connectivity index (χ2v) is 3.66. The van der Waals surface area contributed by atoms with Gasteiger partial charge < -0.3 is 15.2 Å². The van der Waals surface area contributed by atoms with Gasteiger partial charge in [0.15, 0.2) is 0 Å². The van der Waals surface area contributed by atoms with Crippen molar-refractivity contribution in [3.63, 3.8) is 0 Å². The van der Waals surface area contributed by atoms with Gasteiger partial charge in [-0.05, 0) is 13.0 Å². The molecule has 1 heterocycles. The average molecular weight is 223 g/mol. The summed E-state index contributed by atoms with van der Waals surface area (Å²) in [4.78, 5) is 22.3. The van der Waals surface area contributed by atoms with E-state index in [1.165, 1.54) is 6.92 Å². The molecule has 0 fully saturated rings. The summed E-state index contributed by atoms with van der Waals surface area (Å²) in [5, 5.41) is 5.35. The molecule has 0 aliphatic carbocycles. The van der Waals surface area contributed by atoms with Crippen molar-refractivity contribution in [1.29, 1.82) is 0 Å². The van der Waals surface area contributed by atoms with Gasteiger partial charge in [-0.1, -0.05) is 0 Å². The van der Waals surface area contributed by atoms with Gasteiger partial charge in [0.1, 0.15) is 0 Å². The summed E-state index contributed by atoms with van der Waals surface area (Å²) >= 11 is 0. The summed E-state index contributed by atoms with van der Waals surface area (Å²) in [5.74, 6) is -0.200. The molecule has 5 heteroatoms. The molecule has 1 rings (SSSR count). The van der Waals surface area contributed by atoms with E-state index in [4.69, 9.17) is 0 Å². The Morgan fingerprint density at radius 2 is 1.94 bits per heavy atom. The third-order valence-corrected chi connectivity index (χ3v) is 2.41. The van der Waals surface area contributed by atoms with Crippen LogP contribution in [0.5, 0.6) is 0 Å². The topological polar surface area (TPSA) is 63.1 Å². The molecule has 0 saturated heterocycles. The van der Waals surface area contributed by atoms with Crippen LogP contribution in [0.25, 0.3) is 0 Å². The largest absolute Gasteiger partial charge is 0.355 e. The lowest BCUT2D eigenvalue weighted by Crippen LogP contribution is -2.33. The molecule has 1 aromatic rings. The molecule has 1 aromatic heterocycles. The molecule has 0 atom stereocenters. The van der Waals surface area contributed by atoms with Gasteiger partial charge in [0.25, 0.3) is 5.91 Å². The van der Waals surface area contributed by atoms with E-state index >= 15 is 0 Å². The first-order valence-corrected chi connectivity index (χ1v) is 5.17. The van der Waals surface area contributed by atoms with Crippen LogP contribution in [-0.2, 0) is 11.8 Å². The molecule has 0 spiro atoms. The third-order valence-electron chi connectivity index (χ3n) is 2.41. The summed E-state index contributed by atoms with van der Waals surface area (Å²) in [6.07, 6.45) is 1.85. The van der Waals surface area contributed by atoms with Gasteiger partial charge in [-0.15, -0.1) is 0 Å². The van der Waals surface area contributed by atoms with Gasteiger partial charge in [-0.25, -0.2) is 0 Å². The Labute approximate surface area is 94.8 Å². The predicted octanol–water partition coefficient (Wildman–Crippen LogP) is 0.199. The smallest absolute Gasteiger partial charge is 0.253 e. The van der Waals surface area contributed by atoms with E-state index in [1.807, 2.05) is 24.7 Å². The zero-order valence-electron chi connectivity index (χ0n) is 9.83. The van der Waals surface area contributed by atoms with Crippen LogP contribution in [0.4, 0.5) is 0 Å². The Hall–Kier alpha value is -1.78. The summed E-state index contributed by atoms with van der Waals surface area (Å²) in [6, 6.07) is 1.78. The Balaban J connectivity index is 2.41. The van der Waals surface area contributed by atoms with E-state index in [2.05, 4.69) is 10.6 Å². The zero-order valence-corrected chi connectivity index (χ0v) is 9.83. The minimum absolute atomic E-state index is 0.0925. The monoisotopic (exact) mass is 223 g/mol. The molecule has 16 heavy (non-hydrogen) atoms. The molecular weight excluding hydrogens is 206 g/mol. The van der Waals surface area contributed by atoms with Crippen LogP contribution < -0.4 is 10.6 Å². The average Bonchev–Trinajstić information content (AvgIpc) is 2.54. The Morgan fingerprint density at radius 1 is 1.31 bits per heavy atom. The van der Waals surface area contributed by atoms with Gasteiger partial charge in [-0.3, -0.25) is 9.59 Å². The molecule has 0 unspecified atom stereocenters. The lowest BCUT2D eigenvalue weighted by molar-refractivity contribution is -0.118. The van der Waals surface area contributed by atoms with Gasteiger partial charge in [0.2, 0.25) is 5.91 Å². The minimum atomic E-state index is -0.108. The maximum Gasteiger partial charge on any atom is 0.253 e. The zero-order chi connectivity index (χ0) is 12.1. The van der Waals surface area contributed by atoms with Crippen LogP contribution in [0.3, 0.4) is 0 Å². The minimum Gasteiger partial charge on any atom is -0.355 e. The number of nitrogens with one attached hydrogen (secondary N) is 2. The second-order valence-electron chi connectivity index (χ2n) is 3.66. The first-order chi connectivity index (χ1) is 7.52. The van der Waals surface area contributed by atoms with E-state index in [-0.39, 0.29) is 11.8 Å². The summed E-state index contributed by atoms with van der Waals surface area (Å²) in [7, 11) is 1.89.